The molecule has 1 aromatic heterocycles. The van der Waals surface area contributed by atoms with Crippen LogP contribution in [-0.2, 0) is 11.2 Å². The van der Waals surface area contributed by atoms with E-state index in [-0.39, 0.29) is 18.2 Å². The molecule has 0 saturated heterocycles. The minimum absolute atomic E-state index is 0.0986. The first-order valence-corrected chi connectivity index (χ1v) is 9.24. The van der Waals surface area contributed by atoms with Crippen LogP contribution >= 0.6 is 22.9 Å². The van der Waals surface area contributed by atoms with Crippen molar-refractivity contribution in [3.63, 3.8) is 0 Å². The van der Waals surface area contributed by atoms with E-state index in [2.05, 4.69) is 15.6 Å². The summed E-state index contributed by atoms with van der Waals surface area (Å²) in [6.45, 7) is 0. The molecule has 2 N–H and O–H groups in total. The summed E-state index contributed by atoms with van der Waals surface area (Å²) in [6.07, 6.45) is 0.0986. The van der Waals surface area contributed by atoms with Gasteiger partial charge >= 0.3 is 0 Å². The molecule has 1 heterocycles. The number of anilines is 2. The quantitative estimate of drug-likeness (QED) is 0.647. The van der Waals surface area contributed by atoms with Gasteiger partial charge in [0.25, 0.3) is 5.91 Å². The Morgan fingerprint density at radius 2 is 1.93 bits per heavy atom. The van der Waals surface area contributed by atoms with Crippen LogP contribution in [0.2, 0.25) is 5.02 Å². The Hall–Kier alpha value is -2.90. The first-order valence-electron chi connectivity index (χ1n) is 7.99. The average molecular weight is 402 g/mol. The Morgan fingerprint density at radius 3 is 2.63 bits per heavy atom. The summed E-state index contributed by atoms with van der Waals surface area (Å²) in [5.74, 6) is 0.186. The summed E-state index contributed by atoms with van der Waals surface area (Å²) < 4.78 is 5.07. The molecule has 0 atom stereocenters. The molecule has 0 aliphatic carbocycles. The van der Waals surface area contributed by atoms with Crippen molar-refractivity contribution in [2.24, 2.45) is 0 Å². The third-order valence-electron chi connectivity index (χ3n) is 3.57. The smallest absolute Gasteiger partial charge is 0.257 e. The summed E-state index contributed by atoms with van der Waals surface area (Å²) in [5.41, 5.74) is 1.69. The number of rotatable bonds is 6. The second-order valence-corrected chi connectivity index (χ2v) is 6.86. The lowest BCUT2D eigenvalue weighted by Gasteiger charge is -2.04. The van der Waals surface area contributed by atoms with Gasteiger partial charge in [-0.2, -0.15) is 0 Å². The standard InChI is InChI=1S/C19H16ClN3O3S/c1-26-16-7-5-12(6-8-16)18(25)23-19-22-15(11-27-19)10-17(24)21-14-4-2-3-13(20)9-14/h2-9,11H,10H2,1H3,(H,21,24)(H,22,23,25). The zero-order chi connectivity index (χ0) is 19.2. The number of benzene rings is 2. The van der Waals surface area contributed by atoms with Crippen molar-refractivity contribution in [2.75, 3.05) is 17.7 Å². The van der Waals surface area contributed by atoms with Crippen LogP contribution in [0.25, 0.3) is 0 Å². The predicted molar refractivity (Wildman–Crippen MR) is 107 cm³/mol. The summed E-state index contributed by atoms with van der Waals surface area (Å²) in [7, 11) is 1.56. The van der Waals surface area contributed by atoms with Crippen LogP contribution < -0.4 is 15.4 Å². The minimum atomic E-state index is -0.276. The van der Waals surface area contributed by atoms with Crippen molar-refractivity contribution in [3.05, 3.63) is 70.2 Å². The van der Waals surface area contributed by atoms with Crippen molar-refractivity contribution in [1.29, 1.82) is 0 Å². The molecular formula is C19H16ClN3O3S. The van der Waals surface area contributed by atoms with Gasteiger partial charge in [0.15, 0.2) is 5.13 Å². The third kappa shape index (κ3) is 5.29. The molecule has 0 aliphatic rings. The summed E-state index contributed by atoms with van der Waals surface area (Å²) in [4.78, 5) is 28.6. The number of thiazole rings is 1. The minimum Gasteiger partial charge on any atom is -0.497 e. The van der Waals surface area contributed by atoms with Crippen molar-refractivity contribution in [3.8, 4) is 5.75 Å². The second-order valence-electron chi connectivity index (χ2n) is 5.56. The molecule has 3 rings (SSSR count). The molecular weight excluding hydrogens is 386 g/mol. The molecule has 8 heteroatoms. The van der Waals surface area contributed by atoms with Crippen molar-refractivity contribution in [2.45, 2.75) is 6.42 Å². The number of halogens is 1. The van der Waals surface area contributed by atoms with Gasteiger partial charge in [0.2, 0.25) is 5.91 Å². The maximum atomic E-state index is 12.2. The fraction of sp³-hybridized carbons (Fsp3) is 0.105. The van der Waals surface area contributed by atoms with Gasteiger partial charge in [-0.3, -0.25) is 14.9 Å². The van der Waals surface area contributed by atoms with Crippen molar-refractivity contribution >= 4 is 45.6 Å². The van der Waals surface area contributed by atoms with Gasteiger partial charge in [0, 0.05) is 21.7 Å². The van der Waals surface area contributed by atoms with Crippen LogP contribution in [0.3, 0.4) is 0 Å². The lowest BCUT2D eigenvalue weighted by molar-refractivity contribution is -0.115. The molecule has 0 unspecified atom stereocenters. The number of ether oxygens (including phenoxy) is 1. The van der Waals surface area contributed by atoms with E-state index in [1.807, 2.05) is 0 Å². The molecule has 0 fully saturated rings. The number of carbonyl (C=O) groups is 2. The van der Waals surface area contributed by atoms with Crippen molar-refractivity contribution in [1.82, 2.24) is 4.98 Å². The maximum Gasteiger partial charge on any atom is 0.257 e. The number of nitrogens with one attached hydrogen (secondary N) is 2. The molecule has 138 valence electrons. The Morgan fingerprint density at radius 1 is 1.15 bits per heavy atom. The predicted octanol–water partition coefficient (Wildman–Crippen LogP) is 4.24. The van der Waals surface area contributed by atoms with E-state index in [0.717, 1.165) is 0 Å². The van der Waals surface area contributed by atoms with E-state index in [4.69, 9.17) is 16.3 Å². The molecule has 0 bridgehead atoms. The zero-order valence-corrected chi connectivity index (χ0v) is 15.9. The van der Waals surface area contributed by atoms with Gasteiger partial charge in [0.05, 0.1) is 19.2 Å². The lowest BCUT2D eigenvalue weighted by atomic mass is 10.2. The third-order valence-corrected chi connectivity index (χ3v) is 4.62. The maximum absolute atomic E-state index is 12.2. The van der Waals surface area contributed by atoms with Gasteiger partial charge in [0.1, 0.15) is 5.75 Å². The molecule has 0 saturated carbocycles. The van der Waals surface area contributed by atoms with Crippen LogP contribution in [-0.4, -0.2) is 23.9 Å². The topological polar surface area (TPSA) is 80.3 Å². The molecule has 2 aromatic carbocycles. The highest BCUT2D eigenvalue weighted by molar-refractivity contribution is 7.14. The summed E-state index contributed by atoms with van der Waals surface area (Å²) >= 11 is 7.16. The Bertz CT molecular complexity index is 957. The Balaban J connectivity index is 1.57. The number of amides is 2. The van der Waals surface area contributed by atoms with Crippen LogP contribution in [0, 0.1) is 0 Å². The number of methoxy groups -OCH3 is 1. The molecule has 2 amide bonds. The first kappa shape index (κ1) is 18.9. The molecule has 0 spiro atoms. The fourth-order valence-corrected chi connectivity index (χ4v) is 3.19. The average Bonchev–Trinajstić information content (AvgIpc) is 3.08. The zero-order valence-electron chi connectivity index (χ0n) is 14.4. The highest BCUT2D eigenvalue weighted by Crippen LogP contribution is 2.19. The van der Waals surface area contributed by atoms with Crippen LogP contribution in [0.5, 0.6) is 5.75 Å². The van der Waals surface area contributed by atoms with Crippen LogP contribution in [0.4, 0.5) is 10.8 Å². The van der Waals surface area contributed by atoms with Crippen molar-refractivity contribution < 1.29 is 14.3 Å². The number of nitrogens with zero attached hydrogens (tertiary/aromatic N) is 1. The number of carbonyl (C=O) groups excluding carboxylic acids is 2. The van der Waals surface area contributed by atoms with Crippen LogP contribution in [0.1, 0.15) is 16.1 Å². The van der Waals surface area contributed by atoms with Gasteiger partial charge < -0.3 is 10.1 Å². The molecule has 27 heavy (non-hydrogen) atoms. The second kappa shape index (κ2) is 8.66. The van der Waals surface area contributed by atoms with E-state index in [0.29, 0.717) is 32.8 Å². The van der Waals surface area contributed by atoms with E-state index in [9.17, 15) is 9.59 Å². The van der Waals surface area contributed by atoms with E-state index >= 15 is 0 Å². The highest BCUT2D eigenvalue weighted by atomic mass is 35.5. The van der Waals surface area contributed by atoms with Gasteiger partial charge in [-0.1, -0.05) is 17.7 Å². The molecule has 0 aliphatic heterocycles. The first-order chi connectivity index (χ1) is 13.0. The Labute approximate surface area is 165 Å². The Kier molecular flexibility index (Phi) is 6.05. The molecule has 3 aromatic rings. The molecule has 6 nitrogen and oxygen atoms in total. The highest BCUT2D eigenvalue weighted by Gasteiger charge is 2.12. The monoisotopic (exact) mass is 401 g/mol. The van der Waals surface area contributed by atoms with Gasteiger partial charge in [-0.05, 0) is 42.5 Å². The van der Waals surface area contributed by atoms with E-state index < -0.39 is 0 Å². The van der Waals surface area contributed by atoms with Crippen LogP contribution in [0.15, 0.2) is 53.9 Å². The normalized spacial score (nSPS) is 10.3. The van der Waals surface area contributed by atoms with Gasteiger partial charge in [-0.25, -0.2) is 4.98 Å². The summed E-state index contributed by atoms with van der Waals surface area (Å²) in [6, 6.07) is 13.7. The largest absolute Gasteiger partial charge is 0.497 e. The lowest BCUT2D eigenvalue weighted by Crippen LogP contribution is -2.15. The summed E-state index contributed by atoms with van der Waals surface area (Å²) in [5, 5.41) is 8.20. The molecule has 0 radical (unpaired) electrons. The van der Waals surface area contributed by atoms with E-state index in [1.165, 1.54) is 11.3 Å². The number of aromatic nitrogens is 1. The van der Waals surface area contributed by atoms with E-state index in [1.54, 1.807) is 61.0 Å². The number of hydrogen-bond donors (Lipinski definition) is 2. The van der Waals surface area contributed by atoms with Gasteiger partial charge in [-0.15, -0.1) is 11.3 Å². The SMILES string of the molecule is COc1ccc(C(=O)Nc2nc(CC(=O)Nc3cccc(Cl)c3)cs2)cc1. The number of hydrogen-bond acceptors (Lipinski definition) is 5. The fourth-order valence-electron chi connectivity index (χ4n) is 2.29.